The highest BCUT2D eigenvalue weighted by atomic mass is 32.2. The number of benzene rings is 3. The van der Waals surface area contributed by atoms with Crippen molar-refractivity contribution in [3.63, 3.8) is 0 Å². The Labute approximate surface area is 266 Å². The average Bonchev–Trinajstić information content (AvgIpc) is 3.44. The number of ether oxygens (including phenoxy) is 1. The predicted octanol–water partition coefficient (Wildman–Crippen LogP) is 5.40. The first-order valence-corrected chi connectivity index (χ1v) is 17.1. The predicted molar refractivity (Wildman–Crippen MR) is 173 cm³/mol. The molecule has 1 aromatic heterocycles. The molecule has 4 aromatic rings. The van der Waals surface area contributed by atoms with Gasteiger partial charge in [0.2, 0.25) is 0 Å². The highest BCUT2D eigenvalue weighted by molar-refractivity contribution is 8.00. The molecule has 12 heteroatoms. The van der Waals surface area contributed by atoms with Crippen LogP contribution in [-0.2, 0) is 27.6 Å². The van der Waals surface area contributed by atoms with E-state index >= 15 is 0 Å². The van der Waals surface area contributed by atoms with Crippen LogP contribution in [0.15, 0.2) is 107 Å². The highest BCUT2D eigenvalue weighted by Gasteiger charge is 2.39. The van der Waals surface area contributed by atoms with Gasteiger partial charge in [-0.1, -0.05) is 91.0 Å². The summed E-state index contributed by atoms with van der Waals surface area (Å²) in [6, 6.07) is 31.1. The maximum Gasteiger partial charge on any atom is 0.474 e. The summed E-state index contributed by atoms with van der Waals surface area (Å²) in [6.45, 7) is 1.39. The van der Waals surface area contributed by atoms with Gasteiger partial charge in [-0.2, -0.15) is 0 Å². The number of phosphoric ester groups is 1. The Morgan fingerprint density at radius 2 is 1.51 bits per heavy atom. The van der Waals surface area contributed by atoms with Crippen LogP contribution >= 0.6 is 19.6 Å². The lowest BCUT2D eigenvalue weighted by Gasteiger charge is -2.35. The van der Waals surface area contributed by atoms with Crippen molar-refractivity contribution < 1.29 is 28.0 Å². The molecule has 45 heavy (non-hydrogen) atoms. The van der Waals surface area contributed by atoms with Crippen molar-refractivity contribution in [3.05, 3.63) is 140 Å². The number of aromatic nitrogens is 2. The summed E-state index contributed by atoms with van der Waals surface area (Å²) in [7, 11) is -2.73. The number of aliphatic hydroxyl groups excluding tert-OH is 1. The molecule has 4 atom stereocenters. The minimum absolute atomic E-state index is 0.0841. The van der Waals surface area contributed by atoms with E-state index < -0.39 is 42.3 Å². The molecule has 0 saturated carbocycles. The Morgan fingerprint density at radius 1 is 0.956 bits per heavy atom. The number of hydrogen-bond acceptors (Lipinski definition) is 9. The monoisotopic (exact) mass is 652 g/mol. The molecule has 0 amide bonds. The summed E-state index contributed by atoms with van der Waals surface area (Å²) in [5, 5.41) is 10.5. The van der Waals surface area contributed by atoms with Crippen LogP contribution in [-0.4, -0.2) is 52.9 Å². The SMILES string of the molecule is COP(=O)(OCCCSC(c1ccccc1)(c1ccccc1)c1ccccc1)OC[C@H]1O[C@@H](n2cc(C)c(=O)[nH]c2=O)C[C@@H]1O. The lowest BCUT2D eigenvalue weighted by molar-refractivity contribution is -0.0473. The number of phosphoric acid groups is 1. The summed E-state index contributed by atoms with van der Waals surface area (Å²) in [5.41, 5.74) is 2.63. The quantitative estimate of drug-likeness (QED) is 0.105. The smallest absolute Gasteiger partial charge is 0.390 e. The van der Waals surface area contributed by atoms with Crippen molar-refractivity contribution in [3.8, 4) is 0 Å². The summed E-state index contributed by atoms with van der Waals surface area (Å²) in [6.07, 6.45) is -0.700. The Kier molecular flexibility index (Phi) is 10.9. The number of aryl methyl sites for hydroxylation is 1. The first kappa shape index (κ1) is 33.1. The van der Waals surface area contributed by atoms with Gasteiger partial charge < -0.3 is 9.84 Å². The molecular weight excluding hydrogens is 615 g/mol. The lowest BCUT2D eigenvalue weighted by Crippen LogP contribution is -2.33. The standard InChI is InChI=1S/C33H37N2O8PS/c1-24-22-35(32(38)34-31(24)37)30-21-28(36)29(43-30)23-42-44(39,40-2)41-19-12-20-45-33(25-13-6-3-7-14-25,26-15-8-4-9-16-26)27-17-10-5-11-18-27/h3-11,13-18,22,28-30,36H,12,19-21,23H2,1-2H3,(H,34,37,38)/t28-,29+,30+,44?/m0/s1. The van der Waals surface area contributed by atoms with Crippen LogP contribution in [0.5, 0.6) is 0 Å². The van der Waals surface area contributed by atoms with Crippen molar-refractivity contribution in [2.75, 3.05) is 26.1 Å². The molecule has 10 nitrogen and oxygen atoms in total. The summed E-state index contributed by atoms with van der Waals surface area (Å²) in [5.74, 6) is 0.669. The zero-order valence-corrected chi connectivity index (χ0v) is 26.8. The van der Waals surface area contributed by atoms with Crippen LogP contribution in [0.1, 0.15) is 41.3 Å². The molecule has 2 heterocycles. The van der Waals surface area contributed by atoms with E-state index in [2.05, 4.69) is 41.4 Å². The molecule has 0 aliphatic carbocycles. The molecule has 1 aliphatic heterocycles. The second kappa shape index (κ2) is 14.9. The van der Waals surface area contributed by atoms with E-state index in [4.69, 9.17) is 18.3 Å². The van der Waals surface area contributed by atoms with Crippen LogP contribution in [0.2, 0.25) is 0 Å². The Balaban J connectivity index is 1.21. The second-order valence-electron chi connectivity index (χ2n) is 10.7. The molecule has 0 spiro atoms. The van der Waals surface area contributed by atoms with Gasteiger partial charge >= 0.3 is 13.5 Å². The Hall–Kier alpha value is -3.28. The molecular formula is C33H37N2O8PS. The van der Waals surface area contributed by atoms with E-state index in [0.717, 1.165) is 16.7 Å². The van der Waals surface area contributed by atoms with E-state index in [1.54, 1.807) is 18.7 Å². The third-order valence-electron chi connectivity index (χ3n) is 7.68. The number of rotatable bonds is 14. The molecule has 238 valence electrons. The van der Waals surface area contributed by atoms with Gasteiger partial charge in [0, 0.05) is 25.3 Å². The Morgan fingerprint density at radius 3 is 2.04 bits per heavy atom. The van der Waals surface area contributed by atoms with Crippen LogP contribution in [0.4, 0.5) is 0 Å². The van der Waals surface area contributed by atoms with Gasteiger partial charge in [-0.25, -0.2) is 9.36 Å². The number of nitrogens with one attached hydrogen (secondary N) is 1. The van der Waals surface area contributed by atoms with Crippen LogP contribution < -0.4 is 11.2 Å². The molecule has 0 radical (unpaired) electrons. The molecule has 1 saturated heterocycles. The summed E-state index contributed by atoms with van der Waals surface area (Å²) in [4.78, 5) is 26.2. The van der Waals surface area contributed by atoms with E-state index in [1.165, 1.54) is 17.9 Å². The summed E-state index contributed by atoms with van der Waals surface area (Å²) >= 11 is 1.77. The highest BCUT2D eigenvalue weighted by Crippen LogP contribution is 2.51. The number of hydrogen-bond donors (Lipinski definition) is 2. The summed E-state index contributed by atoms with van der Waals surface area (Å²) < 4.78 is 36.1. The maximum absolute atomic E-state index is 13.3. The molecule has 1 aliphatic rings. The number of aromatic amines is 1. The van der Waals surface area contributed by atoms with E-state index in [1.807, 2.05) is 54.6 Å². The minimum atomic E-state index is -3.97. The number of nitrogens with zero attached hydrogens (tertiary/aromatic N) is 1. The van der Waals surface area contributed by atoms with E-state index in [-0.39, 0.29) is 19.6 Å². The van der Waals surface area contributed by atoms with Crippen molar-refractivity contribution in [1.82, 2.24) is 9.55 Å². The van der Waals surface area contributed by atoms with Gasteiger partial charge in [-0.15, -0.1) is 11.8 Å². The van der Waals surface area contributed by atoms with Gasteiger partial charge in [0.25, 0.3) is 5.56 Å². The van der Waals surface area contributed by atoms with Gasteiger partial charge in [-0.05, 0) is 35.8 Å². The molecule has 5 rings (SSSR count). The van der Waals surface area contributed by atoms with Crippen molar-refractivity contribution in [2.45, 2.75) is 42.9 Å². The minimum Gasteiger partial charge on any atom is -0.390 e. The third kappa shape index (κ3) is 7.58. The largest absolute Gasteiger partial charge is 0.474 e. The molecule has 2 N–H and O–H groups in total. The first-order valence-electron chi connectivity index (χ1n) is 14.7. The fourth-order valence-corrected chi connectivity index (χ4v) is 7.82. The topological polar surface area (TPSA) is 129 Å². The van der Waals surface area contributed by atoms with Crippen LogP contribution in [0.25, 0.3) is 0 Å². The zero-order chi connectivity index (χ0) is 31.9. The van der Waals surface area contributed by atoms with Gasteiger partial charge in [0.05, 0.1) is 24.1 Å². The lowest BCUT2D eigenvalue weighted by atomic mass is 9.84. The van der Waals surface area contributed by atoms with Crippen molar-refractivity contribution >= 4 is 19.6 Å². The normalized spacial score (nSPS) is 19.8. The number of aliphatic hydroxyl groups is 1. The second-order valence-corrected chi connectivity index (χ2v) is 13.7. The van der Waals surface area contributed by atoms with E-state index in [0.29, 0.717) is 17.7 Å². The van der Waals surface area contributed by atoms with Crippen LogP contribution in [0.3, 0.4) is 0 Å². The number of thioether (sulfide) groups is 1. The van der Waals surface area contributed by atoms with Crippen molar-refractivity contribution in [2.24, 2.45) is 0 Å². The van der Waals surface area contributed by atoms with Gasteiger partial charge in [0.15, 0.2) is 0 Å². The van der Waals surface area contributed by atoms with Gasteiger partial charge in [-0.3, -0.25) is 27.9 Å². The molecule has 0 bridgehead atoms. The Bertz CT molecular complexity index is 1600. The maximum atomic E-state index is 13.3. The molecule has 3 aromatic carbocycles. The van der Waals surface area contributed by atoms with E-state index in [9.17, 15) is 19.3 Å². The van der Waals surface area contributed by atoms with Crippen molar-refractivity contribution in [1.29, 1.82) is 0 Å². The third-order valence-corrected chi connectivity index (χ3v) is 10.7. The fraction of sp³-hybridized carbons (Fsp3) is 0.333. The zero-order valence-electron chi connectivity index (χ0n) is 25.1. The molecule has 1 unspecified atom stereocenters. The van der Waals surface area contributed by atoms with Crippen LogP contribution in [0, 0.1) is 6.92 Å². The average molecular weight is 653 g/mol. The van der Waals surface area contributed by atoms with Gasteiger partial charge in [0.1, 0.15) is 12.3 Å². The first-order chi connectivity index (χ1) is 21.8. The number of H-pyrrole nitrogens is 1. The molecule has 1 fully saturated rings. The fourth-order valence-electron chi connectivity index (χ4n) is 5.37.